The number of hydrogen-bond donors (Lipinski definition) is 6. The lowest BCUT2D eigenvalue weighted by Crippen LogP contribution is -2.45. The van der Waals surface area contributed by atoms with Crippen molar-refractivity contribution in [1.82, 2.24) is 10.6 Å². The van der Waals surface area contributed by atoms with Crippen LogP contribution in [0.1, 0.15) is 52.6 Å². The van der Waals surface area contributed by atoms with Gasteiger partial charge in [-0.2, -0.15) is 0 Å². The number of nitrogens with two attached hydrogens (primary N) is 1. The Morgan fingerprint density at radius 3 is 1.35 bits per heavy atom. The number of rotatable bonds is 11. The summed E-state index contributed by atoms with van der Waals surface area (Å²) in [6, 6.07) is 25.7. The summed E-state index contributed by atoms with van der Waals surface area (Å²) in [5.41, 5.74) is 5.99. The van der Waals surface area contributed by atoms with E-state index in [1.807, 2.05) is 45.2 Å². The molecule has 63 heavy (non-hydrogen) atoms. The molecule has 3 amide bonds. The lowest BCUT2D eigenvalue weighted by molar-refractivity contribution is 0.0943. The fourth-order valence-corrected chi connectivity index (χ4v) is 6.82. The highest BCUT2D eigenvalue weighted by Gasteiger charge is 2.28. The third-order valence-corrected chi connectivity index (χ3v) is 10.3. The first-order chi connectivity index (χ1) is 29.7. The largest absolute Gasteiger partial charge is 0.465 e. The molecule has 0 saturated heterocycles. The number of carbonyl (C=O) groups is 3. The molecule has 0 bridgehead atoms. The van der Waals surface area contributed by atoms with Crippen LogP contribution in [0.4, 0.5) is 65.3 Å². The van der Waals surface area contributed by atoms with E-state index < -0.39 is 69.7 Å². The lowest BCUT2D eigenvalue weighted by Gasteiger charge is -2.33. The Hall–Kier alpha value is -6.03. The molecule has 6 aromatic carbocycles. The molecule has 0 aliphatic rings. The van der Waals surface area contributed by atoms with E-state index >= 15 is 0 Å². The van der Waals surface area contributed by atoms with E-state index in [2.05, 4.69) is 21.3 Å². The van der Waals surface area contributed by atoms with Gasteiger partial charge in [0, 0.05) is 37.1 Å². The van der Waals surface area contributed by atoms with E-state index in [9.17, 15) is 45.8 Å². The summed E-state index contributed by atoms with van der Waals surface area (Å²) >= 11 is 3.84. The molecule has 6 aromatic rings. The van der Waals surface area contributed by atoms with E-state index in [1.54, 1.807) is 81.4 Å². The second kappa shape index (κ2) is 20.9. The van der Waals surface area contributed by atoms with Crippen molar-refractivity contribution in [2.75, 3.05) is 21.3 Å². The SMILES string of the molecule is CC(C)(C)N(C(=O)O)c1ccc(CNC(=O)c2ccc(F)c(F)c2Nc2ccc(I)cc2F)cc1.Nc1ccc(CNC(=O)c2ccc(F)c(F)c2Nc2ccc(I)cc2F)cc1. The molecule has 0 radical (unpaired) electrons. The molecule has 0 spiro atoms. The second-order valence-electron chi connectivity index (χ2n) is 14.6. The van der Waals surface area contributed by atoms with E-state index in [0.29, 0.717) is 24.1 Å². The monoisotopic (exact) mass is 1090 g/mol. The van der Waals surface area contributed by atoms with Crippen LogP contribution in [0.3, 0.4) is 0 Å². The Morgan fingerprint density at radius 2 is 0.984 bits per heavy atom. The second-order valence-corrected chi connectivity index (χ2v) is 17.1. The Labute approximate surface area is 385 Å². The number of amides is 3. The predicted molar refractivity (Wildman–Crippen MR) is 247 cm³/mol. The molecular formula is C45H38F6I2N6O4. The summed E-state index contributed by atoms with van der Waals surface area (Å²) in [7, 11) is 0. The van der Waals surface area contributed by atoms with Gasteiger partial charge in [-0.25, -0.2) is 31.1 Å². The maximum Gasteiger partial charge on any atom is 0.412 e. The van der Waals surface area contributed by atoms with Crippen LogP contribution in [0.5, 0.6) is 0 Å². The molecule has 0 aromatic heterocycles. The van der Waals surface area contributed by atoms with Crippen LogP contribution in [-0.4, -0.2) is 28.6 Å². The van der Waals surface area contributed by atoms with Crippen LogP contribution in [0, 0.1) is 42.0 Å². The van der Waals surface area contributed by atoms with Gasteiger partial charge in [-0.05, 0) is 162 Å². The Balaban J connectivity index is 0.000000243. The zero-order chi connectivity index (χ0) is 46.2. The van der Waals surface area contributed by atoms with Crippen LogP contribution in [0.15, 0.2) is 109 Å². The molecule has 0 unspecified atom stereocenters. The van der Waals surface area contributed by atoms with Crippen LogP contribution < -0.4 is 31.9 Å². The first kappa shape index (κ1) is 48.0. The van der Waals surface area contributed by atoms with Gasteiger partial charge in [0.15, 0.2) is 23.3 Å². The molecule has 0 heterocycles. The van der Waals surface area contributed by atoms with Crippen molar-refractivity contribution in [2.45, 2.75) is 39.4 Å². The van der Waals surface area contributed by atoms with Gasteiger partial charge in [0.25, 0.3) is 11.8 Å². The summed E-state index contributed by atoms with van der Waals surface area (Å²) in [6.45, 7) is 5.51. The fourth-order valence-electron chi connectivity index (χ4n) is 5.91. The average molecular weight is 1090 g/mol. The molecule has 0 atom stereocenters. The maximum atomic E-state index is 14.6. The van der Waals surface area contributed by atoms with Gasteiger partial charge >= 0.3 is 6.09 Å². The molecule has 0 aliphatic carbocycles. The van der Waals surface area contributed by atoms with Gasteiger partial charge in [-0.1, -0.05) is 24.3 Å². The molecule has 0 saturated carbocycles. The van der Waals surface area contributed by atoms with E-state index in [4.69, 9.17) is 5.73 Å². The van der Waals surface area contributed by atoms with Crippen molar-refractivity contribution < 1.29 is 45.8 Å². The number of hydrogen-bond acceptors (Lipinski definition) is 6. The quantitative estimate of drug-likeness (QED) is 0.0430. The minimum atomic E-state index is -1.31. The van der Waals surface area contributed by atoms with Crippen molar-refractivity contribution in [3.63, 3.8) is 0 Å². The minimum absolute atomic E-state index is 0.0397. The molecule has 18 heteroatoms. The number of benzene rings is 6. The number of anilines is 6. The molecule has 7 N–H and O–H groups in total. The molecule has 328 valence electrons. The zero-order valence-electron chi connectivity index (χ0n) is 33.5. The summed E-state index contributed by atoms with van der Waals surface area (Å²) in [6.07, 6.45) is -1.10. The number of nitrogen functional groups attached to an aromatic ring is 1. The van der Waals surface area contributed by atoms with Crippen molar-refractivity contribution in [1.29, 1.82) is 0 Å². The smallest absolute Gasteiger partial charge is 0.412 e. The van der Waals surface area contributed by atoms with Gasteiger partial charge in [0.1, 0.15) is 11.6 Å². The molecule has 6 rings (SSSR count). The number of halogens is 8. The lowest BCUT2D eigenvalue weighted by atomic mass is 10.0. The molecule has 0 aliphatic heterocycles. The van der Waals surface area contributed by atoms with Gasteiger partial charge in [0.05, 0.1) is 33.9 Å². The van der Waals surface area contributed by atoms with E-state index in [-0.39, 0.29) is 35.6 Å². The van der Waals surface area contributed by atoms with Crippen LogP contribution in [0.2, 0.25) is 0 Å². The number of carbonyl (C=O) groups excluding carboxylic acids is 2. The third-order valence-electron chi connectivity index (χ3n) is 9.00. The summed E-state index contributed by atoms with van der Waals surface area (Å²) < 4.78 is 86.2. The number of carboxylic acid groups (broad SMARTS) is 1. The van der Waals surface area contributed by atoms with Crippen LogP contribution in [-0.2, 0) is 13.1 Å². The highest BCUT2D eigenvalue weighted by atomic mass is 127. The summed E-state index contributed by atoms with van der Waals surface area (Å²) in [4.78, 5) is 38.2. The van der Waals surface area contributed by atoms with Crippen molar-refractivity contribution in [3.8, 4) is 0 Å². The Morgan fingerprint density at radius 1 is 0.587 bits per heavy atom. The maximum absolute atomic E-state index is 14.6. The van der Waals surface area contributed by atoms with Gasteiger partial charge < -0.3 is 32.1 Å². The first-order valence-electron chi connectivity index (χ1n) is 18.7. The zero-order valence-corrected chi connectivity index (χ0v) is 37.8. The summed E-state index contributed by atoms with van der Waals surface area (Å²) in [5, 5.41) is 19.7. The van der Waals surface area contributed by atoms with Gasteiger partial charge in [0.2, 0.25) is 0 Å². The van der Waals surface area contributed by atoms with E-state index in [1.165, 1.54) is 29.2 Å². The number of nitrogens with one attached hydrogen (secondary N) is 4. The predicted octanol–water partition coefficient (Wildman–Crippen LogP) is 11.6. The minimum Gasteiger partial charge on any atom is -0.465 e. The van der Waals surface area contributed by atoms with Gasteiger partial charge in [-0.15, -0.1) is 0 Å². The standard InChI is InChI=1S/C25H23F3IN3O3.C20H15F3IN3O/c1-25(2,3)32(24(34)35)16-7-4-14(5-8-16)13-30-23(33)17-9-10-18(26)21(28)22(17)31-20-11-6-15(29)12-19(20)27;21-15-7-6-14(20(28)26-10-11-1-4-13(25)5-2-11)19(18(15)23)27-17-8-3-12(24)9-16(17)22/h4-12,31H,13H2,1-3H3,(H,30,33)(H,34,35);1-9,27H,10,25H2,(H,26,28). The topological polar surface area (TPSA) is 149 Å². The highest BCUT2D eigenvalue weighted by Crippen LogP contribution is 2.31. The number of nitrogens with zero attached hydrogens (tertiary/aromatic N) is 1. The van der Waals surface area contributed by atoms with Gasteiger partial charge in [-0.3, -0.25) is 14.5 Å². The Kier molecular flexibility index (Phi) is 15.9. The van der Waals surface area contributed by atoms with Crippen LogP contribution in [0.25, 0.3) is 0 Å². The van der Waals surface area contributed by atoms with Crippen molar-refractivity contribution in [2.24, 2.45) is 0 Å². The third kappa shape index (κ3) is 12.6. The van der Waals surface area contributed by atoms with Crippen molar-refractivity contribution >= 4 is 97.2 Å². The molecular weight excluding hydrogens is 1060 g/mol. The average Bonchev–Trinajstić information content (AvgIpc) is 3.22. The molecule has 0 fully saturated rings. The van der Waals surface area contributed by atoms with Crippen molar-refractivity contribution in [3.05, 3.63) is 173 Å². The highest BCUT2D eigenvalue weighted by molar-refractivity contribution is 14.1. The fraction of sp³-hybridized carbons (Fsp3) is 0.133. The summed E-state index contributed by atoms with van der Waals surface area (Å²) in [5.74, 6) is -7.58. The first-order valence-corrected chi connectivity index (χ1v) is 20.8. The Bertz CT molecular complexity index is 2650. The normalized spacial score (nSPS) is 10.9. The van der Waals surface area contributed by atoms with Crippen LogP contribution >= 0.6 is 45.2 Å². The molecule has 10 nitrogen and oxygen atoms in total. The van der Waals surface area contributed by atoms with E-state index in [0.717, 1.165) is 29.8 Å².